The Balaban J connectivity index is 1.63. The lowest BCUT2D eigenvalue weighted by atomic mass is 9.93. The number of piperazine rings is 1. The summed E-state index contributed by atoms with van der Waals surface area (Å²) >= 11 is 0. The third kappa shape index (κ3) is 3.59. The van der Waals surface area contributed by atoms with Crippen LogP contribution in [0.4, 0.5) is 20.7 Å². The van der Waals surface area contributed by atoms with E-state index in [0.717, 1.165) is 5.69 Å². The minimum absolute atomic E-state index is 0.282. The number of hydrogen-bond acceptors (Lipinski definition) is 7. The molecule has 1 aromatic carbocycles. The van der Waals surface area contributed by atoms with Crippen molar-refractivity contribution in [1.29, 1.82) is 0 Å². The Hall–Kier alpha value is -3.10. The zero-order valence-electron chi connectivity index (χ0n) is 17.6. The van der Waals surface area contributed by atoms with E-state index in [1.807, 2.05) is 20.8 Å². The summed E-state index contributed by atoms with van der Waals surface area (Å²) in [5.74, 6) is -0.535. The van der Waals surface area contributed by atoms with Gasteiger partial charge in [-0.25, -0.2) is 9.18 Å². The molecular formula is C21H26FN5O3. The van der Waals surface area contributed by atoms with Crippen LogP contribution in [0.15, 0.2) is 24.3 Å². The molecule has 0 spiro atoms. The molecule has 3 heterocycles. The molecule has 2 aliphatic rings. The van der Waals surface area contributed by atoms with E-state index in [0.29, 0.717) is 37.7 Å². The fraction of sp³-hybridized carbons (Fsp3) is 0.476. The molecule has 0 aliphatic carbocycles. The first kappa shape index (κ1) is 20.2. The van der Waals surface area contributed by atoms with Crippen molar-refractivity contribution in [1.82, 2.24) is 15.1 Å². The highest BCUT2D eigenvalue weighted by atomic mass is 19.1. The molecule has 2 aromatic rings. The van der Waals surface area contributed by atoms with Crippen LogP contribution in [0.3, 0.4) is 0 Å². The zero-order valence-corrected chi connectivity index (χ0v) is 17.6. The fourth-order valence-corrected chi connectivity index (χ4v) is 3.95. The number of aromatic nitrogens is 2. The van der Waals surface area contributed by atoms with E-state index in [2.05, 4.69) is 27.3 Å². The van der Waals surface area contributed by atoms with Gasteiger partial charge in [0.05, 0.1) is 16.9 Å². The van der Waals surface area contributed by atoms with Gasteiger partial charge in [0, 0.05) is 31.7 Å². The second-order valence-corrected chi connectivity index (χ2v) is 9.00. The summed E-state index contributed by atoms with van der Waals surface area (Å²) in [5, 5.41) is 21.8. The molecule has 1 amide bonds. The van der Waals surface area contributed by atoms with E-state index in [9.17, 15) is 14.3 Å². The van der Waals surface area contributed by atoms with E-state index in [-0.39, 0.29) is 17.2 Å². The molecule has 1 saturated heterocycles. The lowest BCUT2D eigenvalue weighted by Gasteiger charge is -2.52. The molecule has 2 N–H and O–H groups in total. The van der Waals surface area contributed by atoms with Gasteiger partial charge < -0.3 is 25.0 Å². The number of rotatable bonds is 1. The number of carbonyl (C=O) groups excluding carboxylic acids is 1. The van der Waals surface area contributed by atoms with Crippen LogP contribution < -0.4 is 10.2 Å². The van der Waals surface area contributed by atoms with Crippen molar-refractivity contribution in [3.8, 4) is 17.0 Å². The first-order chi connectivity index (χ1) is 14.1. The number of phenols is 1. The number of carbonyl (C=O) groups is 1. The number of hydrogen-bond donors (Lipinski definition) is 2. The summed E-state index contributed by atoms with van der Waals surface area (Å²) in [4.78, 5) is 16.5. The molecule has 1 atom stereocenters. The third-order valence-electron chi connectivity index (χ3n) is 5.39. The number of amides is 1. The summed E-state index contributed by atoms with van der Waals surface area (Å²) in [6.45, 7) is 9.78. The van der Waals surface area contributed by atoms with Crippen LogP contribution in [0.5, 0.6) is 5.75 Å². The Bertz CT molecular complexity index is 993. The first-order valence-corrected chi connectivity index (χ1v) is 9.92. The smallest absolute Gasteiger partial charge is 0.410 e. The van der Waals surface area contributed by atoms with Crippen LogP contribution in [0.1, 0.15) is 27.7 Å². The second kappa shape index (κ2) is 7.00. The monoisotopic (exact) mass is 415 g/mol. The fourth-order valence-electron chi connectivity index (χ4n) is 3.95. The molecule has 160 valence electrons. The highest BCUT2D eigenvalue weighted by Crippen LogP contribution is 2.40. The number of nitrogens with zero attached hydrogens (tertiary/aromatic N) is 4. The topological polar surface area (TPSA) is 90.8 Å². The van der Waals surface area contributed by atoms with E-state index >= 15 is 0 Å². The quantitative estimate of drug-likeness (QED) is 0.739. The van der Waals surface area contributed by atoms with Gasteiger partial charge in [0.25, 0.3) is 0 Å². The van der Waals surface area contributed by atoms with Gasteiger partial charge in [-0.15, -0.1) is 10.2 Å². The van der Waals surface area contributed by atoms with Crippen molar-refractivity contribution in [2.24, 2.45) is 0 Å². The van der Waals surface area contributed by atoms with Crippen molar-refractivity contribution in [3.63, 3.8) is 0 Å². The van der Waals surface area contributed by atoms with Gasteiger partial charge in [-0.2, -0.15) is 0 Å². The van der Waals surface area contributed by atoms with Crippen molar-refractivity contribution in [2.45, 2.75) is 38.8 Å². The standard InChI is InChI=1S/C21H26FN5O3/c1-20(2,3)30-19(29)26-8-9-27-16-10-15(13-6-5-7-14(22)17(13)28)24-25-18(16)23-11-21(27,4)12-26/h5-7,10,28H,8-9,11-12H2,1-4H3,(H,23,25). The number of halogens is 1. The Morgan fingerprint density at radius 2 is 2.07 bits per heavy atom. The van der Waals surface area contributed by atoms with E-state index in [1.165, 1.54) is 12.1 Å². The third-order valence-corrected chi connectivity index (χ3v) is 5.39. The summed E-state index contributed by atoms with van der Waals surface area (Å²) in [7, 11) is 0. The minimum Gasteiger partial charge on any atom is -0.504 e. The maximum atomic E-state index is 13.8. The number of anilines is 2. The molecule has 1 fully saturated rings. The zero-order chi connectivity index (χ0) is 21.7. The summed E-state index contributed by atoms with van der Waals surface area (Å²) in [6.07, 6.45) is -0.326. The maximum absolute atomic E-state index is 13.8. The summed E-state index contributed by atoms with van der Waals surface area (Å²) < 4.78 is 19.3. The Kier molecular flexibility index (Phi) is 4.71. The van der Waals surface area contributed by atoms with Crippen LogP contribution in [-0.4, -0.2) is 63.6 Å². The SMILES string of the molecule is CC(C)(C)OC(=O)N1CCN2c3cc(-c4cccc(F)c4O)nnc3NCC2(C)C1. The molecule has 0 saturated carbocycles. The van der Waals surface area contributed by atoms with Gasteiger partial charge >= 0.3 is 6.09 Å². The number of ether oxygens (including phenoxy) is 1. The molecule has 0 bridgehead atoms. The largest absolute Gasteiger partial charge is 0.504 e. The number of aromatic hydroxyl groups is 1. The minimum atomic E-state index is -0.707. The van der Waals surface area contributed by atoms with Crippen molar-refractivity contribution >= 4 is 17.6 Å². The Morgan fingerprint density at radius 1 is 1.30 bits per heavy atom. The van der Waals surface area contributed by atoms with Gasteiger partial charge in [0.2, 0.25) is 0 Å². The predicted molar refractivity (Wildman–Crippen MR) is 111 cm³/mol. The van der Waals surface area contributed by atoms with Gasteiger partial charge in [-0.05, 0) is 45.9 Å². The van der Waals surface area contributed by atoms with E-state index in [4.69, 9.17) is 4.74 Å². The van der Waals surface area contributed by atoms with Crippen LogP contribution in [0, 0.1) is 5.82 Å². The molecule has 30 heavy (non-hydrogen) atoms. The van der Waals surface area contributed by atoms with Crippen LogP contribution >= 0.6 is 0 Å². The number of fused-ring (bicyclic) bond motifs is 3. The normalized spacial score (nSPS) is 20.8. The second-order valence-electron chi connectivity index (χ2n) is 9.00. The average Bonchev–Trinajstić information content (AvgIpc) is 2.67. The van der Waals surface area contributed by atoms with Crippen LogP contribution in [0.2, 0.25) is 0 Å². The first-order valence-electron chi connectivity index (χ1n) is 9.92. The highest BCUT2D eigenvalue weighted by Gasteiger charge is 2.44. The van der Waals surface area contributed by atoms with E-state index in [1.54, 1.807) is 17.0 Å². The predicted octanol–water partition coefficient (Wildman–Crippen LogP) is 3.23. The number of phenolic OH excluding ortho intramolecular Hbond substituents is 1. The molecule has 1 unspecified atom stereocenters. The Morgan fingerprint density at radius 3 is 2.80 bits per heavy atom. The van der Waals surface area contributed by atoms with Crippen LogP contribution in [0.25, 0.3) is 11.3 Å². The summed E-state index contributed by atoms with van der Waals surface area (Å²) in [6, 6.07) is 6.11. The molecule has 1 aromatic heterocycles. The lowest BCUT2D eigenvalue weighted by Crippen LogP contribution is -2.66. The molecular weight excluding hydrogens is 389 g/mol. The molecule has 8 nitrogen and oxygen atoms in total. The Labute approximate surface area is 174 Å². The van der Waals surface area contributed by atoms with Gasteiger partial charge in [0.1, 0.15) is 5.60 Å². The molecule has 0 radical (unpaired) electrons. The van der Waals surface area contributed by atoms with E-state index < -0.39 is 17.2 Å². The molecule has 2 aliphatic heterocycles. The number of para-hydroxylation sites is 1. The van der Waals surface area contributed by atoms with Gasteiger partial charge in [-0.1, -0.05) is 6.07 Å². The molecule has 4 rings (SSSR count). The molecule has 9 heteroatoms. The highest BCUT2D eigenvalue weighted by molar-refractivity contribution is 5.78. The van der Waals surface area contributed by atoms with Crippen molar-refractivity contribution in [3.05, 3.63) is 30.1 Å². The number of nitrogens with one attached hydrogen (secondary N) is 1. The van der Waals surface area contributed by atoms with Crippen molar-refractivity contribution < 1.29 is 19.0 Å². The summed E-state index contributed by atoms with van der Waals surface area (Å²) in [5.41, 5.74) is 0.536. The van der Waals surface area contributed by atoms with Crippen LogP contribution in [-0.2, 0) is 4.74 Å². The lowest BCUT2D eigenvalue weighted by molar-refractivity contribution is 0.0175. The van der Waals surface area contributed by atoms with Gasteiger partial charge in [-0.3, -0.25) is 0 Å². The van der Waals surface area contributed by atoms with Gasteiger partial charge in [0.15, 0.2) is 17.4 Å². The van der Waals surface area contributed by atoms with Crippen molar-refractivity contribution in [2.75, 3.05) is 36.4 Å². The maximum Gasteiger partial charge on any atom is 0.410 e. The average molecular weight is 415 g/mol. The number of benzene rings is 1.